The highest BCUT2D eigenvalue weighted by Gasteiger charge is 2.24. The number of hydrogen-bond acceptors (Lipinski definition) is 6. The molecule has 26 heavy (non-hydrogen) atoms. The van der Waals surface area contributed by atoms with E-state index in [0.29, 0.717) is 17.6 Å². The van der Waals surface area contributed by atoms with Gasteiger partial charge >= 0.3 is 0 Å². The maximum absolute atomic E-state index is 12.4. The third-order valence-corrected chi connectivity index (χ3v) is 4.90. The van der Waals surface area contributed by atoms with Gasteiger partial charge in [-0.2, -0.15) is 4.98 Å². The van der Waals surface area contributed by atoms with E-state index in [4.69, 9.17) is 0 Å². The molecule has 1 aliphatic rings. The highest BCUT2D eigenvalue weighted by atomic mass is 16.1. The van der Waals surface area contributed by atoms with Crippen LogP contribution in [0.25, 0.3) is 5.78 Å². The van der Waals surface area contributed by atoms with Crippen molar-refractivity contribution >= 4 is 11.7 Å². The Morgan fingerprint density at radius 2 is 1.88 bits per heavy atom. The first kappa shape index (κ1) is 16.6. The average molecular weight is 354 g/mol. The Balaban J connectivity index is 1.34. The van der Waals surface area contributed by atoms with Gasteiger partial charge in [0.1, 0.15) is 12.7 Å². The average Bonchev–Trinajstić information content (AvgIpc) is 3.25. The van der Waals surface area contributed by atoms with Gasteiger partial charge < -0.3 is 9.88 Å². The molecule has 0 spiro atoms. The molecule has 1 saturated carbocycles. The van der Waals surface area contributed by atoms with Gasteiger partial charge in [-0.25, -0.2) is 9.50 Å². The summed E-state index contributed by atoms with van der Waals surface area (Å²) in [7, 11) is 0. The molecule has 0 atom stereocenters. The molecule has 9 heteroatoms. The minimum Gasteiger partial charge on any atom is -0.353 e. The summed E-state index contributed by atoms with van der Waals surface area (Å²) < 4.78 is 3.73. The highest BCUT2D eigenvalue weighted by Crippen LogP contribution is 2.27. The summed E-state index contributed by atoms with van der Waals surface area (Å²) in [6, 6.07) is 2.57. The standard InChI is InChI=1S/C17H22N8O/c1-11-7-12(2)25-17(20-11)22-15(23-25)8-16(26)21-13-3-5-14(6-4-13)24-9-18-19-10-24/h7,9-10,13-14H,3-6,8H2,1-2H3,(H,21,26). The van der Waals surface area contributed by atoms with Crippen molar-refractivity contribution in [1.82, 2.24) is 39.7 Å². The van der Waals surface area contributed by atoms with Crippen molar-refractivity contribution in [3.05, 3.63) is 35.9 Å². The number of amides is 1. The Kier molecular flexibility index (Phi) is 4.36. The predicted molar refractivity (Wildman–Crippen MR) is 93.4 cm³/mol. The highest BCUT2D eigenvalue weighted by molar-refractivity contribution is 5.78. The lowest BCUT2D eigenvalue weighted by Gasteiger charge is -2.29. The van der Waals surface area contributed by atoms with E-state index in [0.717, 1.165) is 37.1 Å². The van der Waals surface area contributed by atoms with Gasteiger partial charge in [0.25, 0.3) is 5.78 Å². The van der Waals surface area contributed by atoms with Gasteiger partial charge in [-0.15, -0.1) is 15.3 Å². The van der Waals surface area contributed by atoms with Crippen molar-refractivity contribution in [2.75, 3.05) is 0 Å². The molecule has 0 saturated heterocycles. The topological polar surface area (TPSA) is 103 Å². The molecule has 0 aliphatic heterocycles. The Morgan fingerprint density at radius 3 is 2.62 bits per heavy atom. The van der Waals surface area contributed by atoms with Gasteiger partial charge in [0.15, 0.2) is 5.82 Å². The Morgan fingerprint density at radius 1 is 1.15 bits per heavy atom. The van der Waals surface area contributed by atoms with E-state index < -0.39 is 0 Å². The van der Waals surface area contributed by atoms with Gasteiger partial charge in [0, 0.05) is 23.5 Å². The third kappa shape index (κ3) is 3.42. The lowest BCUT2D eigenvalue weighted by atomic mass is 9.91. The number of fused-ring (bicyclic) bond motifs is 1. The second kappa shape index (κ2) is 6.81. The summed E-state index contributed by atoms with van der Waals surface area (Å²) in [5.74, 6) is 1.00. The molecule has 0 unspecified atom stereocenters. The van der Waals surface area contributed by atoms with Crippen LogP contribution in [-0.4, -0.2) is 46.3 Å². The Hall–Kier alpha value is -2.84. The van der Waals surface area contributed by atoms with E-state index in [1.807, 2.05) is 19.9 Å². The number of aromatic nitrogens is 7. The minimum absolute atomic E-state index is 0.0389. The van der Waals surface area contributed by atoms with Gasteiger partial charge in [-0.3, -0.25) is 4.79 Å². The van der Waals surface area contributed by atoms with Gasteiger partial charge in [0.05, 0.1) is 6.42 Å². The fraction of sp³-hybridized carbons (Fsp3) is 0.529. The number of rotatable bonds is 4. The van der Waals surface area contributed by atoms with Crippen LogP contribution in [0.4, 0.5) is 0 Å². The van der Waals surface area contributed by atoms with Crippen LogP contribution in [0.5, 0.6) is 0 Å². The zero-order chi connectivity index (χ0) is 18.1. The molecule has 0 bridgehead atoms. The SMILES string of the molecule is Cc1cc(C)n2nc(CC(=O)NC3CCC(n4cnnc4)CC3)nc2n1. The molecule has 4 rings (SSSR count). The molecule has 3 heterocycles. The van der Waals surface area contributed by atoms with E-state index >= 15 is 0 Å². The molecule has 136 valence electrons. The van der Waals surface area contributed by atoms with Crippen molar-refractivity contribution in [3.63, 3.8) is 0 Å². The number of nitrogens with one attached hydrogen (secondary N) is 1. The maximum Gasteiger partial charge on any atom is 0.252 e. The molecule has 0 radical (unpaired) electrons. The second-order valence-electron chi connectivity index (χ2n) is 6.94. The van der Waals surface area contributed by atoms with Crippen LogP contribution in [0.3, 0.4) is 0 Å². The smallest absolute Gasteiger partial charge is 0.252 e. The zero-order valence-corrected chi connectivity index (χ0v) is 15.0. The first-order chi connectivity index (χ1) is 12.6. The molecule has 1 aliphatic carbocycles. The first-order valence-electron chi connectivity index (χ1n) is 8.92. The number of carbonyl (C=O) groups excluding carboxylic acids is 1. The Bertz CT molecular complexity index is 908. The molecule has 1 fully saturated rings. The van der Waals surface area contributed by atoms with E-state index in [1.165, 1.54) is 0 Å². The molecule has 3 aromatic heterocycles. The van der Waals surface area contributed by atoms with E-state index in [2.05, 4.69) is 35.1 Å². The van der Waals surface area contributed by atoms with Crippen molar-refractivity contribution in [1.29, 1.82) is 0 Å². The van der Waals surface area contributed by atoms with Gasteiger partial charge in [0.2, 0.25) is 5.91 Å². The van der Waals surface area contributed by atoms with E-state index in [1.54, 1.807) is 17.2 Å². The van der Waals surface area contributed by atoms with Crippen LogP contribution >= 0.6 is 0 Å². The number of carbonyl (C=O) groups is 1. The quantitative estimate of drug-likeness (QED) is 0.754. The van der Waals surface area contributed by atoms with Crippen LogP contribution in [-0.2, 0) is 11.2 Å². The van der Waals surface area contributed by atoms with Crippen LogP contribution in [0.2, 0.25) is 0 Å². The zero-order valence-electron chi connectivity index (χ0n) is 15.0. The van der Waals surface area contributed by atoms with Gasteiger partial charge in [-0.1, -0.05) is 0 Å². The minimum atomic E-state index is -0.0389. The summed E-state index contributed by atoms with van der Waals surface area (Å²) in [5.41, 5.74) is 1.85. The summed E-state index contributed by atoms with van der Waals surface area (Å²) >= 11 is 0. The lowest BCUT2D eigenvalue weighted by molar-refractivity contribution is -0.121. The summed E-state index contributed by atoms with van der Waals surface area (Å²) in [4.78, 5) is 21.1. The molecule has 1 N–H and O–H groups in total. The normalized spacial score (nSPS) is 20.4. The fourth-order valence-electron chi connectivity index (χ4n) is 3.62. The second-order valence-corrected chi connectivity index (χ2v) is 6.94. The van der Waals surface area contributed by atoms with Crippen LogP contribution in [0.15, 0.2) is 18.7 Å². The van der Waals surface area contributed by atoms with Crippen LogP contribution in [0, 0.1) is 13.8 Å². The molecular formula is C17H22N8O. The van der Waals surface area contributed by atoms with Crippen molar-refractivity contribution in [2.45, 2.75) is 58.0 Å². The van der Waals surface area contributed by atoms with Crippen LogP contribution < -0.4 is 5.32 Å². The number of aryl methyl sites for hydroxylation is 2. The fourth-order valence-corrected chi connectivity index (χ4v) is 3.62. The molecule has 9 nitrogen and oxygen atoms in total. The van der Waals surface area contributed by atoms with Crippen molar-refractivity contribution in [2.24, 2.45) is 0 Å². The number of hydrogen-bond donors (Lipinski definition) is 1. The predicted octanol–water partition coefficient (Wildman–Crippen LogP) is 1.18. The molecule has 0 aromatic carbocycles. The monoisotopic (exact) mass is 354 g/mol. The third-order valence-electron chi connectivity index (χ3n) is 4.90. The maximum atomic E-state index is 12.4. The van der Waals surface area contributed by atoms with E-state index in [-0.39, 0.29) is 18.4 Å². The van der Waals surface area contributed by atoms with Crippen molar-refractivity contribution < 1.29 is 4.79 Å². The summed E-state index contributed by atoms with van der Waals surface area (Å²) in [5, 5.41) is 15.2. The number of nitrogens with zero attached hydrogens (tertiary/aromatic N) is 7. The molecule has 3 aromatic rings. The summed E-state index contributed by atoms with van der Waals surface area (Å²) in [6.07, 6.45) is 7.62. The Labute approximate surface area is 150 Å². The summed E-state index contributed by atoms with van der Waals surface area (Å²) in [6.45, 7) is 3.87. The van der Waals surface area contributed by atoms with Gasteiger partial charge in [-0.05, 0) is 45.6 Å². The van der Waals surface area contributed by atoms with Crippen LogP contribution in [0.1, 0.15) is 48.9 Å². The molecule has 1 amide bonds. The van der Waals surface area contributed by atoms with Crippen molar-refractivity contribution in [3.8, 4) is 0 Å². The lowest BCUT2D eigenvalue weighted by Crippen LogP contribution is -2.38. The molecular weight excluding hydrogens is 332 g/mol. The first-order valence-corrected chi connectivity index (χ1v) is 8.92. The largest absolute Gasteiger partial charge is 0.353 e. The van der Waals surface area contributed by atoms with E-state index in [9.17, 15) is 4.79 Å².